The van der Waals surface area contributed by atoms with Crippen LogP contribution in [0.15, 0.2) is 24.3 Å². The summed E-state index contributed by atoms with van der Waals surface area (Å²) in [4.78, 5) is 33.5. The summed E-state index contributed by atoms with van der Waals surface area (Å²) in [7, 11) is 0. The summed E-state index contributed by atoms with van der Waals surface area (Å²) < 4.78 is 9.42. The Morgan fingerprint density at radius 1 is 1.35 bits per heavy atom. The van der Waals surface area contributed by atoms with Crippen LogP contribution in [0.4, 0.5) is 0 Å². The SMILES string of the molecule is C=C(C)C(=O)OCC(=O)C(=O)OC1C=CCC1. The molecule has 0 aromatic heterocycles. The van der Waals surface area contributed by atoms with Crippen LogP contribution in [0.2, 0.25) is 0 Å². The first-order chi connectivity index (χ1) is 8.00. The van der Waals surface area contributed by atoms with Gasteiger partial charge in [-0.2, -0.15) is 0 Å². The number of hydrogen-bond donors (Lipinski definition) is 0. The van der Waals surface area contributed by atoms with Crippen LogP contribution in [0.3, 0.4) is 0 Å². The molecule has 1 unspecified atom stereocenters. The summed E-state index contributed by atoms with van der Waals surface area (Å²) in [6.07, 6.45) is 4.78. The van der Waals surface area contributed by atoms with Crippen LogP contribution in [0, 0.1) is 0 Å². The lowest BCUT2D eigenvalue weighted by Gasteiger charge is -2.09. The summed E-state index contributed by atoms with van der Waals surface area (Å²) in [5, 5.41) is 0. The fourth-order valence-electron chi connectivity index (χ4n) is 1.22. The molecule has 5 heteroatoms. The maximum atomic E-state index is 11.3. The standard InChI is InChI=1S/C12H14O5/c1-8(2)11(14)16-7-10(13)12(15)17-9-5-3-4-6-9/h3,5,9H,1,4,6-7H2,2H3. The molecule has 0 fully saturated rings. The van der Waals surface area contributed by atoms with Crippen molar-refractivity contribution >= 4 is 17.7 Å². The number of rotatable bonds is 5. The third-order valence-corrected chi connectivity index (χ3v) is 2.14. The summed E-state index contributed by atoms with van der Waals surface area (Å²) in [5.41, 5.74) is 0.171. The molecule has 1 aliphatic carbocycles. The van der Waals surface area contributed by atoms with Crippen molar-refractivity contribution in [2.24, 2.45) is 0 Å². The number of esters is 2. The molecule has 0 aromatic carbocycles. The first kappa shape index (κ1) is 13.2. The molecule has 0 heterocycles. The predicted octanol–water partition coefficient (Wildman–Crippen LogP) is 0.937. The van der Waals surface area contributed by atoms with Gasteiger partial charge in [-0.15, -0.1) is 0 Å². The maximum absolute atomic E-state index is 11.3. The van der Waals surface area contributed by atoms with Gasteiger partial charge in [0.15, 0.2) is 6.61 Å². The monoisotopic (exact) mass is 238 g/mol. The Hall–Kier alpha value is -1.91. The third-order valence-electron chi connectivity index (χ3n) is 2.14. The first-order valence-corrected chi connectivity index (χ1v) is 5.24. The molecule has 5 nitrogen and oxygen atoms in total. The summed E-state index contributed by atoms with van der Waals surface area (Å²) in [5.74, 6) is -2.55. The normalized spacial score (nSPS) is 17.6. The van der Waals surface area contributed by atoms with E-state index >= 15 is 0 Å². The maximum Gasteiger partial charge on any atom is 0.378 e. The minimum Gasteiger partial charge on any atom is -0.454 e. The van der Waals surface area contributed by atoms with Gasteiger partial charge >= 0.3 is 11.9 Å². The van der Waals surface area contributed by atoms with Crippen LogP contribution >= 0.6 is 0 Å². The van der Waals surface area contributed by atoms with Gasteiger partial charge in [-0.3, -0.25) is 4.79 Å². The molecular weight excluding hydrogens is 224 g/mol. The molecule has 0 spiro atoms. The van der Waals surface area contributed by atoms with Crippen molar-refractivity contribution in [3.63, 3.8) is 0 Å². The number of ether oxygens (including phenoxy) is 2. The largest absolute Gasteiger partial charge is 0.454 e. The molecule has 1 rings (SSSR count). The van der Waals surface area contributed by atoms with Crippen LogP contribution in [0.1, 0.15) is 19.8 Å². The Balaban J connectivity index is 2.31. The van der Waals surface area contributed by atoms with Gasteiger partial charge in [0.05, 0.1) is 0 Å². The zero-order chi connectivity index (χ0) is 12.8. The molecule has 0 amide bonds. The van der Waals surface area contributed by atoms with Crippen molar-refractivity contribution < 1.29 is 23.9 Å². The minimum atomic E-state index is -0.976. The Bertz CT molecular complexity index is 380. The van der Waals surface area contributed by atoms with E-state index in [-0.39, 0.29) is 11.7 Å². The fraction of sp³-hybridized carbons (Fsp3) is 0.417. The van der Waals surface area contributed by atoms with Crippen LogP contribution in [0.25, 0.3) is 0 Å². The summed E-state index contributed by atoms with van der Waals surface area (Å²) in [6.45, 7) is 4.19. The van der Waals surface area contributed by atoms with Crippen molar-refractivity contribution in [2.45, 2.75) is 25.9 Å². The number of Topliss-reactive ketones (excluding diaryl/α,β-unsaturated/α-hetero) is 1. The average Bonchev–Trinajstić information content (AvgIpc) is 2.77. The van der Waals surface area contributed by atoms with E-state index in [9.17, 15) is 14.4 Å². The molecule has 1 aliphatic rings. The summed E-state index contributed by atoms with van der Waals surface area (Å²) in [6, 6.07) is 0. The molecule has 0 radical (unpaired) electrons. The first-order valence-electron chi connectivity index (χ1n) is 5.24. The van der Waals surface area contributed by atoms with E-state index in [0.29, 0.717) is 6.42 Å². The highest BCUT2D eigenvalue weighted by Gasteiger charge is 2.22. The van der Waals surface area contributed by atoms with E-state index in [0.717, 1.165) is 6.42 Å². The van der Waals surface area contributed by atoms with E-state index in [1.54, 1.807) is 6.08 Å². The zero-order valence-corrected chi connectivity index (χ0v) is 9.60. The Morgan fingerprint density at radius 2 is 2.06 bits per heavy atom. The average molecular weight is 238 g/mol. The molecule has 0 bridgehead atoms. The van der Waals surface area contributed by atoms with Gasteiger partial charge in [-0.25, -0.2) is 9.59 Å². The Labute approximate surface area is 99.1 Å². The van der Waals surface area contributed by atoms with E-state index in [4.69, 9.17) is 4.74 Å². The van der Waals surface area contributed by atoms with Gasteiger partial charge in [-0.05, 0) is 25.8 Å². The molecule has 0 aliphatic heterocycles. The molecule has 17 heavy (non-hydrogen) atoms. The lowest BCUT2D eigenvalue weighted by molar-refractivity contribution is -0.160. The van der Waals surface area contributed by atoms with Gasteiger partial charge in [-0.1, -0.05) is 12.7 Å². The van der Waals surface area contributed by atoms with Gasteiger partial charge in [0.1, 0.15) is 6.10 Å². The van der Waals surface area contributed by atoms with Crippen molar-refractivity contribution in [2.75, 3.05) is 6.61 Å². The second-order valence-electron chi connectivity index (χ2n) is 3.73. The van der Waals surface area contributed by atoms with Gasteiger partial charge in [0, 0.05) is 5.57 Å². The third kappa shape index (κ3) is 4.22. The van der Waals surface area contributed by atoms with E-state index in [2.05, 4.69) is 11.3 Å². The Morgan fingerprint density at radius 3 is 2.59 bits per heavy atom. The highest BCUT2D eigenvalue weighted by molar-refractivity contribution is 6.34. The van der Waals surface area contributed by atoms with Crippen molar-refractivity contribution in [1.82, 2.24) is 0 Å². The van der Waals surface area contributed by atoms with Gasteiger partial charge < -0.3 is 9.47 Å². The Kier molecular flexibility index (Phi) is 4.63. The molecule has 0 N–H and O–H groups in total. The topological polar surface area (TPSA) is 69.7 Å². The minimum absolute atomic E-state index is 0.171. The second-order valence-corrected chi connectivity index (χ2v) is 3.73. The zero-order valence-electron chi connectivity index (χ0n) is 9.60. The number of hydrogen-bond acceptors (Lipinski definition) is 5. The summed E-state index contributed by atoms with van der Waals surface area (Å²) >= 11 is 0. The quantitative estimate of drug-likeness (QED) is 0.308. The molecule has 1 atom stereocenters. The van der Waals surface area contributed by atoms with Crippen LogP contribution < -0.4 is 0 Å². The molecule has 0 saturated heterocycles. The van der Waals surface area contributed by atoms with Crippen LogP contribution in [-0.2, 0) is 23.9 Å². The van der Waals surface area contributed by atoms with Crippen molar-refractivity contribution in [3.8, 4) is 0 Å². The van der Waals surface area contributed by atoms with E-state index in [1.165, 1.54) is 6.92 Å². The molecule has 92 valence electrons. The van der Waals surface area contributed by atoms with Gasteiger partial charge in [0.25, 0.3) is 5.78 Å². The molecule has 0 saturated carbocycles. The number of carbonyl (C=O) groups excluding carboxylic acids is 3. The van der Waals surface area contributed by atoms with Crippen LogP contribution in [-0.4, -0.2) is 30.4 Å². The van der Waals surface area contributed by atoms with Crippen LogP contribution in [0.5, 0.6) is 0 Å². The molecular formula is C12H14O5. The highest BCUT2D eigenvalue weighted by atomic mass is 16.6. The van der Waals surface area contributed by atoms with Crippen molar-refractivity contribution in [1.29, 1.82) is 0 Å². The lowest BCUT2D eigenvalue weighted by atomic mass is 10.3. The predicted molar refractivity (Wildman–Crippen MR) is 59.0 cm³/mol. The smallest absolute Gasteiger partial charge is 0.378 e. The van der Waals surface area contributed by atoms with E-state index in [1.807, 2.05) is 6.08 Å². The number of allylic oxidation sites excluding steroid dienone is 1. The van der Waals surface area contributed by atoms with Gasteiger partial charge in [0.2, 0.25) is 0 Å². The lowest BCUT2D eigenvalue weighted by Crippen LogP contribution is -2.27. The number of ketones is 1. The fourth-order valence-corrected chi connectivity index (χ4v) is 1.22. The number of carbonyl (C=O) groups is 3. The van der Waals surface area contributed by atoms with E-state index < -0.39 is 24.3 Å². The van der Waals surface area contributed by atoms with Crippen molar-refractivity contribution in [3.05, 3.63) is 24.3 Å². The molecule has 0 aromatic rings. The highest BCUT2D eigenvalue weighted by Crippen LogP contribution is 2.13. The second kappa shape index (κ2) is 5.98.